The number of nitrogens with one attached hydrogen (secondary N) is 1. The first-order valence-corrected chi connectivity index (χ1v) is 9.33. The fourth-order valence-corrected chi connectivity index (χ4v) is 3.88. The third-order valence-corrected chi connectivity index (χ3v) is 5.30. The van der Waals surface area contributed by atoms with Crippen LogP contribution in [0.5, 0.6) is 0 Å². The molecule has 0 spiro atoms. The average molecular weight is 447 g/mol. The minimum Gasteiger partial charge on any atom is -0.444 e. The van der Waals surface area contributed by atoms with E-state index in [1.807, 2.05) is 0 Å². The van der Waals surface area contributed by atoms with Crippen LogP contribution >= 0.6 is 15.9 Å². The first-order chi connectivity index (χ1) is 12.2. The van der Waals surface area contributed by atoms with Crippen LogP contribution in [0.1, 0.15) is 5.56 Å². The molecule has 0 radical (unpaired) electrons. The van der Waals surface area contributed by atoms with Crippen LogP contribution in [0, 0.1) is 0 Å². The highest BCUT2D eigenvalue weighted by atomic mass is 79.9. The van der Waals surface area contributed by atoms with E-state index in [1.54, 1.807) is 12.1 Å². The lowest BCUT2D eigenvalue weighted by Crippen LogP contribution is -2.19. The number of oxazole rings is 1. The van der Waals surface area contributed by atoms with Crippen LogP contribution in [-0.4, -0.2) is 13.4 Å². The Balaban J connectivity index is 2.00. The second-order valence-electron chi connectivity index (χ2n) is 5.19. The third-order valence-electron chi connectivity index (χ3n) is 3.37. The fraction of sp³-hybridized carbons (Fsp3) is 0.0625. The van der Waals surface area contributed by atoms with Crippen molar-refractivity contribution < 1.29 is 26.0 Å². The zero-order valence-electron chi connectivity index (χ0n) is 12.8. The Morgan fingerprint density at radius 3 is 2.54 bits per heavy atom. The molecule has 0 saturated carbocycles. The van der Waals surface area contributed by atoms with Crippen molar-refractivity contribution in [2.45, 2.75) is 11.1 Å². The molecule has 3 rings (SSSR count). The zero-order chi connectivity index (χ0) is 18.9. The first-order valence-electron chi connectivity index (χ1n) is 7.05. The Bertz CT molecular complexity index is 1040. The number of hydrogen-bond acceptors (Lipinski definition) is 4. The van der Waals surface area contributed by atoms with Crippen LogP contribution in [-0.2, 0) is 16.2 Å². The predicted octanol–water partition coefficient (Wildman–Crippen LogP) is 4.92. The predicted molar refractivity (Wildman–Crippen MR) is 91.9 cm³/mol. The van der Waals surface area contributed by atoms with Gasteiger partial charge in [-0.05, 0) is 30.3 Å². The van der Waals surface area contributed by atoms with Gasteiger partial charge in [-0.1, -0.05) is 28.1 Å². The van der Waals surface area contributed by atoms with Gasteiger partial charge in [-0.2, -0.15) is 13.2 Å². The highest BCUT2D eigenvalue weighted by Gasteiger charge is 2.37. The van der Waals surface area contributed by atoms with Crippen molar-refractivity contribution in [3.8, 4) is 11.3 Å². The molecule has 0 bridgehead atoms. The van der Waals surface area contributed by atoms with Crippen molar-refractivity contribution in [1.82, 2.24) is 4.98 Å². The second-order valence-corrected chi connectivity index (χ2v) is 7.76. The molecule has 1 aromatic heterocycles. The molecule has 0 fully saturated rings. The summed E-state index contributed by atoms with van der Waals surface area (Å²) in [7, 11) is -4.47. The van der Waals surface area contributed by atoms with Gasteiger partial charge in [0, 0.05) is 15.7 Å². The van der Waals surface area contributed by atoms with Crippen LogP contribution in [0.2, 0.25) is 0 Å². The van der Waals surface area contributed by atoms with Crippen molar-refractivity contribution in [3.63, 3.8) is 0 Å². The van der Waals surface area contributed by atoms with E-state index >= 15 is 0 Å². The molecule has 26 heavy (non-hydrogen) atoms. The molecule has 3 aromatic rings. The summed E-state index contributed by atoms with van der Waals surface area (Å²) in [5, 5.41) is 0. The average Bonchev–Trinajstić information content (AvgIpc) is 3.08. The number of benzene rings is 2. The summed E-state index contributed by atoms with van der Waals surface area (Å²) in [6, 6.07) is 8.90. The van der Waals surface area contributed by atoms with Crippen LogP contribution in [0.4, 0.5) is 18.9 Å². The van der Waals surface area contributed by atoms with E-state index in [1.165, 1.54) is 30.8 Å². The summed E-state index contributed by atoms with van der Waals surface area (Å²) in [6.45, 7) is 0. The topological polar surface area (TPSA) is 72.2 Å². The van der Waals surface area contributed by atoms with E-state index in [-0.39, 0.29) is 10.2 Å². The van der Waals surface area contributed by atoms with Crippen molar-refractivity contribution in [2.24, 2.45) is 0 Å². The number of anilines is 1. The molecule has 0 aliphatic carbocycles. The third kappa shape index (κ3) is 3.91. The highest BCUT2D eigenvalue weighted by molar-refractivity contribution is 9.10. The summed E-state index contributed by atoms with van der Waals surface area (Å²) in [5.41, 5.74) is -0.643. The van der Waals surface area contributed by atoms with Gasteiger partial charge in [-0.15, -0.1) is 0 Å². The van der Waals surface area contributed by atoms with Crippen LogP contribution in [0.15, 0.2) is 68.8 Å². The normalized spacial score (nSPS) is 12.2. The molecule has 0 amide bonds. The summed E-state index contributed by atoms with van der Waals surface area (Å²) in [5.74, 6) is 0.394. The quantitative estimate of drug-likeness (QED) is 0.616. The van der Waals surface area contributed by atoms with Crippen molar-refractivity contribution in [2.75, 3.05) is 4.72 Å². The molecule has 1 heterocycles. The molecule has 1 N–H and O–H groups in total. The Kier molecular flexibility index (Phi) is 4.80. The van der Waals surface area contributed by atoms with Gasteiger partial charge >= 0.3 is 6.18 Å². The van der Waals surface area contributed by atoms with Crippen molar-refractivity contribution in [1.29, 1.82) is 0 Å². The standard InChI is InChI=1S/C16H10BrF3N2O3S/c17-11-4-5-15(13(7-11)16(18,19)20)26(23,24)22-12-3-1-2-10(6-12)14-8-21-9-25-14/h1-9,22H. The zero-order valence-corrected chi connectivity index (χ0v) is 15.2. The summed E-state index contributed by atoms with van der Waals surface area (Å²) in [4.78, 5) is 2.90. The van der Waals surface area contributed by atoms with E-state index in [4.69, 9.17) is 4.42 Å². The number of aromatic nitrogens is 1. The smallest absolute Gasteiger partial charge is 0.417 e. The maximum atomic E-state index is 13.2. The van der Waals surface area contributed by atoms with E-state index in [0.29, 0.717) is 11.3 Å². The first kappa shape index (κ1) is 18.5. The molecule has 0 aliphatic rings. The van der Waals surface area contributed by atoms with Crippen LogP contribution in [0.25, 0.3) is 11.3 Å². The number of alkyl halides is 3. The number of nitrogens with zero attached hydrogens (tertiary/aromatic N) is 1. The van der Waals surface area contributed by atoms with Gasteiger partial charge in [0.1, 0.15) is 0 Å². The second kappa shape index (κ2) is 6.76. The number of hydrogen-bond donors (Lipinski definition) is 1. The van der Waals surface area contributed by atoms with E-state index in [9.17, 15) is 21.6 Å². The van der Waals surface area contributed by atoms with Crippen molar-refractivity contribution in [3.05, 3.63) is 65.1 Å². The number of halogens is 4. The highest BCUT2D eigenvalue weighted by Crippen LogP contribution is 2.36. The minimum atomic E-state index is -4.82. The van der Waals surface area contributed by atoms with Gasteiger partial charge in [0.25, 0.3) is 10.0 Å². The molecular formula is C16H10BrF3N2O3S. The fourth-order valence-electron chi connectivity index (χ4n) is 2.26. The molecule has 5 nitrogen and oxygen atoms in total. The molecule has 0 atom stereocenters. The number of sulfonamides is 1. The lowest BCUT2D eigenvalue weighted by Gasteiger charge is -2.15. The van der Waals surface area contributed by atoms with Crippen LogP contribution < -0.4 is 4.72 Å². The monoisotopic (exact) mass is 446 g/mol. The van der Waals surface area contributed by atoms with Gasteiger partial charge < -0.3 is 4.42 Å². The maximum absolute atomic E-state index is 13.2. The molecular weight excluding hydrogens is 437 g/mol. The van der Waals surface area contributed by atoms with E-state index < -0.39 is 26.7 Å². The SMILES string of the molecule is O=S(=O)(Nc1cccc(-c2cnco2)c1)c1ccc(Br)cc1C(F)(F)F. The van der Waals surface area contributed by atoms with E-state index in [0.717, 1.165) is 12.1 Å². The molecule has 10 heteroatoms. The molecule has 0 unspecified atom stereocenters. The van der Waals surface area contributed by atoms with Gasteiger partial charge in [0.05, 0.1) is 16.7 Å². The Labute approximate surface area is 155 Å². The Hall–Kier alpha value is -2.33. The lowest BCUT2D eigenvalue weighted by atomic mass is 10.2. The lowest BCUT2D eigenvalue weighted by molar-refractivity contribution is -0.139. The van der Waals surface area contributed by atoms with Gasteiger partial charge in [-0.3, -0.25) is 4.72 Å². The maximum Gasteiger partial charge on any atom is 0.417 e. The number of rotatable bonds is 4. The van der Waals surface area contributed by atoms with Gasteiger partial charge in [0.15, 0.2) is 12.2 Å². The Morgan fingerprint density at radius 1 is 1.12 bits per heavy atom. The minimum absolute atomic E-state index is 0.0925. The van der Waals surface area contributed by atoms with Gasteiger partial charge in [-0.25, -0.2) is 13.4 Å². The molecule has 136 valence electrons. The Morgan fingerprint density at radius 2 is 1.88 bits per heavy atom. The van der Waals surface area contributed by atoms with Crippen molar-refractivity contribution >= 4 is 31.6 Å². The summed E-state index contributed by atoms with van der Waals surface area (Å²) in [6.07, 6.45) is -2.18. The van der Waals surface area contributed by atoms with E-state index in [2.05, 4.69) is 25.6 Å². The van der Waals surface area contributed by atoms with Crippen LogP contribution in [0.3, 0.4) is 0 Å². The molecule has 0 saturated heterocycles. The summed E-state index contributed by atoms with van der Waals surface area (Å²) >= 11 is 2.92. The largest absolute Gasteiger partial charge is 0.444 e. The summed E-state index contributed by atoms with van der Waals surface area (Å²) < 4.78 is 72.1. The van der Waals surface area contributed by atoms with Gasteiger partial charge in [0.2, 0.25) is 0 Å². The molecule has 0 aliphatic heterocycles. The molecule has 2 aromatic carbocycles.